The van der Waals surface area contributed by atoms with Crippen molar-refractivity contribution in [2.75, 3.05) is 6.61 Å². The molecule has 1 N–H and O–H groups in total. The van der Waals surface area contributed by atoms with Gasteiger partial charge in [-0.25, -0.2) is 4.79 Å². The van der Waals surface area contributed by atoms with Crippen LogP contribution in [0.25, 0.3) is 0 Å². The zero-order valence-electron chi connectivity index (χ0n) is 4.42. The van der Waals surface area contributed by atoms with Gasteiger partial charge in [0.05, 0.1) is 6.61 Å². The Hall–Kier alpha value is -1.22. The van der Waals surface area contributed by atoms with Crippen LogP contribution in [0.3, 0.4) is 0 Å². The maximum atomic E-state index is 10.0. The van der Waals surface area contributed by atoms with E-state index in [1.807, 2.05) is 0 Å². The van der Waals surface area contributed by atoms with Gasteiger partial charge in [0.1, 0.15) is 5.53 Å². The topological polar surface area (TPSA) is 76.6 Å². The maximum absolute atomic E-state index is 10.0. The average molecular weight is 116 g/mol. The van der Waals surface area contributed by atoms with Gasteiger partial charge in [0.15, 0.2) is 0 Å². The zero-order valence-corrected chi connectivity index (χ0v) is 4.42. The van der Waals surface area contributed by atoms with Gasteiger partial charge in [-0.15, -0.1) is 0 Å². The van der Waals surface area contributed by atoms with E-state index in [2.05, 4.69) is 14.8 Å². The van der Waals surface area contributed by atoms with Crippen LogP contribution in [-0.4, -0.2) is 12.7 Å². The molecule has 8 heavy (non-hydrogen) atoms. The van der Waals surface area contributed by atoms with Gasteiger partial charge in [-0.1, -0.05) is 0 Å². The Morgan fingerprint density at radius 1 is 2.00 bits per heavy atom. The first-order chi connectivity index (χ1) is 3.81. The predicted octanol–water partition coefficient (Wildman–Crippen LogP) is 0.693. The smallest absolute Gasteiger partial charge is 0.444 e. The van der Waals surface area contributed by atoms with E-state index >= 15 is 0 Å². The number of carbonyl (C=O) groups excluding carboxylic acids is 1. The van der Waals surface area contributed by atoms with E-state index in [0.29, 0.717) is 0 Å². The van der Waals surface area contributed by atoms with E-state index in [-0.39, 0.29) is 6.61 Å². The summed E-state index contributed by atoms with van der Waals surface area (Å²) in [6, 6.07) is 0. The third-order valence-corrected chi connectivity index (χ3v) is 0.399. The van der Waals surface area contributed by atoms with E-state index in [9.17, 15) is 4.79 Å². The van der Waals surface area contributed by atoms with Gasteiger partial charge >= 0.3 is 6.09 Å². The van der Waals surface area contributed by atoms with Gasteiger partial charge in [-0.05, 0) is 6.92 Å². The normalized spacial score (nSPS) is 7.12. The Balaban J connectivity index is 3.49. The molecule has 0 saturated heterocycles. The van der Waals surface area contributed by atoms with Gasteiger partial charge in [-0.3, -0.25) is 0 Å². The molecule has 1 amide bonds. The lowest BCUT2D eigenvalue weighted by molar-refractivity contribution is 0.161. The van der Waals surface area contributed by atoms with Crippen molar-refractivity contribution in [3.8, 4) is 0 Å². The Bertz CT molecular complexity index is 126. The zero-order chi connectivity index (χ0) is 6.41. The van der Waals surface area contributed by atoms with Crippen LogP contribution in [0.4, 0.5) is 4.79 Å². The van der Waals surface area contributed by atoms with Crippen LogP contribution >= 0.6 is 0 Å². The highest BCUT2D eigenvalue weighted by molar-refractivity contribution is 5.66. The van der Waals surface area contributed by atoms with Crippen LogP contribution < -0.4 is 4.91 Å². The first kappa shape index (κ1) is 6.78. The van der Waals surface area contributed by atoms with E-state index in [1.54, 1.807) is 6.92 Å². The molecular weight excluding hydrogens is 110 g/mol. The highest BCUT2D eigenvalue weighted by Gasteiger charge is 2.01. The van der Waals surface area contributed by atoms with Gasteiger partial charge < -0.3 is 4.74 Å². The fourth-order valence-electron chi connectivity index (χ4n) is 0.193. The molecule has 0 saturated carbocycles. The van der Waals surface area contributed by atoms with Crippen molar-refractivity contribution in [1.29, 1.82) is 5.53 Å². The molecule has 0 aromatic carbocycles. The van der Waals surface area contributed by atoms with Crippen molar-refractivity contribution < 1.29 is 9.53 Å². The fraction of sp³-hybridized carbons (Fsp3) is 0.667. The third-order valence-electron chi connectivity index (χ3n) is 0.399. The molecule has 0 aliphatic carbocycles. The minimum absolute atomic E-state index is 0.262. The van der Waals surface area contributed by atoms with E-state index < -0.39 is 6.09 Å². The van der Waals surface area contributed by atoms with Gasteiger partial charge in [0.2, 0.25) is 10.0 Å². The summed E-state index contributed by atoms with van der Waals surface area (Å²) in [6.07, 6.45) is -0.817. The third kappa shape index (κ3) is 2.99. The largest absolute Gasteiger partial charge is 0.512 e. The van der Waals surface area contributed by atoms with E-state index in [0.717, 1.165) is 0 Å². The SMILES string of the molecule is CCOC(=O)N=[N+]=N. The lowest BCUT2D eigenvalue weighted by Gasteiger charge is -1.84. The van der Waals surface area contributed by atoms with Crippen LogP contribution in [0, 0.1) is 5.53 Å². The Kier molecular flexibility index (Phi) is 3.35. The Labute approximate surface area is 45.9 Å². The van der Waals surface area contributed by atoms with Gasteiger partial charge in [-0.2, -0.15) is 0 Å². The first-order valence-electron chi connectivity index (χ1n) is 2.05. The second-order valence-electron chi connectivity index (χ2n) is 0.899. The lowest BCUT2D eigenvalue weighted by atomic mass is 10.9. The van der Waals surface area contributed by atoms with Gasteiger partial charge in [0, 0.05) is 0 Å². The maximum Gasteiger partial charge on any atom is 0.512 e. The van der Waals surface area contributed by atoms with Crippen molar-refractivity contribution in [1.82, 2.24) is 4.91 Å². The molecule has 5 nitrogen and oxygen atoms in total. The van der Waals surface area contributed by atoms with Crippen LogP contribution in [0.15, 0.2) is 5.11 Å². The quantitative estimate of drug-likeness (QED) is 0.404. The van der Waals surface area contributed by atoms with Crippen molar-refractivity contribution in [2.45, 2.75) is 6.92 Å². The molecule has 0 atom stereocenters. The summed E-state index contributed by atoms with van der Waals surface area (Å²) >= 11 is 0. The second kappa shape index (κ2) is 3.95. The van der Waals surface area contributed by atoms with Crippen molar-refractivity contribution in [3.05, 3.63) is 0 Å². The molecule has 0 aliphatic rings. The average Bonchev–Trinajstić information content (AvgIpc) is 1.68. The summed E-state index contributed by atoms with van der Waals surface area (Å²) in [7, 11) is 0. The summed E-state index contributed by atoms with van der Waals surface area (Å²) in [6.45, 7) is 1.91. The number of rotatable bonds is 1. The number of amides is 1. The number of nitrogens with one attached hydrogen (secondary N) is 1. The molecule has 0 radical (unpaired) electrons. The molecule has 0 aromatic heterocycles. The Morgan fingerprint density at radius 3 is 3.00 bits per heavy atom. The molecular formula is C3H6N3O2+. The lowest BCUT2D eigenvalue weighted by Crippen LogP contribution is -1.96. The van der Waals surface area contributed by atoms with E-state index in [1.165, 1.54) is 0 Å². The minimum Gasteiger partial charge on any atom is -0.444 e. The van der Waals surface area contributed by atoms with E-state index in [4.69, 9.17) is 5.53 Å². The van der Waals surface area contributed by atoms with Crippen molar-refractivity contribution in [3.63, 3.8) is 0 Å². The standard InChI is InChI=1S/C3H6N3O2/c1-2-8-3(7)5-6-4/h4H,2H2,1H3/q+1. The summed E-state index contributed by atoms with van der Waals surface area (Å²) in [5.74, 6) is 0. The molecule has 5 heteroatoms. The highest BCUT2D eigenvalue weighted by Crippen LogP contribution is 1.77. The molecule has 0 spiro atoms. The molecule has 0 rings (SSSR count). The highest BCUT2D eigenvalue weighted by atomic mass is 16.5. The molecule has 0 fully saturated rings. The second-order valence-corrected chi connectivity index (χ2v) is 0.899. The summed E-state index contributed by atoms with van der Waals surface area (Å²) in [4.78, 5) is 12.5. The molecule has 0 aromatic rings. The number of hydrogen-bond acceptors (Lipinski definition) is 3. The van der Waals surface area contributed by atoms with Crippen molar-refractivity contribution >= 4 is 6.09 Å². The molecule has 44 valence electrons. The molecule has 0 aliphatic heterocycles. The first-order valence-corrected chi connectivity index (χ1v) is 2.05. The van der Waals surface area contributed by atoms with Crippen LogP contribution in [0.5, 0.6) is 0 Å². The number of nitrogens with zero attached hydrogens (tertiary/aromatic N) is 2. The number of hydrogen-bond donors (Lipinski definition) is 1. The molecule has 0 heterocycles. The summed E-state index contributed by atoms with van der Waals surface area (Å²) < 4.78 is 4.26. The number of ether oxygens (including phenoxy) is 1. The molecule has 0 bridgehead atoms. The molecule has 0 unspecified atom stereocenters. The minimum atomic E-state index is -0.817. The summed E-state index contributed by atoms with van der Waals surface area (Å²) in [5, 5.41) is 2.74. The van der Waals surface area contributed by atoms with Crippen LogP contribution in [0.2, 0.25) is 0 Å². The fourth-order valence-corrected chi connectivity index (χ4v) is 0.193. The van der Waals surface area contributed by atoms with Crippen LogP contribution in [-0.2, 0) is 4.74 Å². The summed E-state index contributed by atoms with van der Waals surface area (Å²) in [5.41, 5.74) is 6.07. The Morgan fingerprint density at radius 2 is 2.62 bits per heavy atom. The monoisotopic (exact) mass is 116 g/mol. The number of carbonyl (C=O) groups is 1. The van der Waals surface area contributed by atoms with Gasteiger partial charge in [0.25, 0.3) is 0 Å². The predicted molar refractivity (Wildman–Crippen MR) is 24.3 cm³/mol. The van der Waals surface area contributed by atoms with Crippen molar-refractivity contribution in [2.24, 2.45) is 5.11 Å². The van der Waals surface area contributed by atoms with Crippen LogP contribution in [0.1, 0.15) is 6.92 Å².